The number of nitrogens with one attached hydrogen (secondary N) is 1. The van der Waals surface area contributed by atoms with Gasteiger partial charge in [0.05, 0.1) is 6.04 Å². The lowest BCUT2D eigenvalue weighted by molar-refractivity contribution is -0.141. The largest absolute Gasteiger partial charge is 0.433 e. The van der Waals surface area contributed by atoms with Gasteiger partial charge in [0.15, 0.2) is 5.17 Å². The maximum Gasteiger partial charge on any atom is 0.433 e. The zero-order valence-electron chi connectivity index (χ0n) is 13.6. The maximum absolute atomic E-state index is 12.9. The zero-order chi connectivity index (χ0) is 17.8. The van der Waals surface area contributed by atoms with Gasteiger partial charge in [0, 0.05) is 6.20 Å². The van der Waals surface area contributed by atoms with Crippen molar-refractivity contribution in [3.63, 3.8) is 0 Å². The van der Waals surface area contributed by atoms with Crippen LogP contribution in [-0.2, 0) is 15.7 Å². The van der Waals surface area contributed by atoms with Crippen molar-refractivity contribution < 1.29 is 18.0 Å². The van der Waals surface area contributed by atoms with Crippen LogP contribution in [0.15, 0.2) is 23.3 Å². The van der Waals surface area contributed by atoms with Gasteiger partial charge in [0.1, 0.15) is 10.4 Å². The number of hydrogen-bond acceptors (Lipinski definition) is 4. The molecule has 4 nitrogen and oxygen atoms in total. The van der Waals surface area contributed by atoms with Gasteiger partial charge < -0.3 is 5.32 Å². The number of amidine groups is 1. The van der Waals surface area contributed by atoms with Crippen molar-refractivity contribution in [3.8, 4) is 0 Å². The molecule has 4 rings (SSSR count). The summed E-state index contributed by atoms with van der Waals surface area (Å²) in [5.74, 6) is 0.987. The van der Waals surface area contributed by atoms with Crippen LogP contribution in [0.1, 0.15) is 43.9 Å². The molecule has 1 aromatic heterocycles. The highest BCUT2D eigenvalue weighted by atomic mass is 32.2. The van der Waals surface area contributed by atoms with E-state index in [2.05, 4.69) is 10.3 Å². The van der Waals surface area contributed by atoms with Gasteiger partial charge in [-0.3, -0.25) is 14.8 Å². The number of pyridine rings is 1. The second-order valence-electron chi connectivity index (χ2n) is 7.19. The summed E-state index contributed by atoms with van der Waals surface area (Å²) in [7, 11) is 0. The van der Waals surface area contributed by atoms with Crippen molar-refractivity contribution in [3.05, 3.63) is 29.6 Å². The summed E-state index contributed by atoms with van der Waals surface area (Å²) < 4.78 is 37.6. The fraction of sp³-hybridized carbons (Fsp3) is 0.588. The molecule has 1 aliphatic heterocycles. The van der Waals surface area contributed by atoms with Crippen LogP contribution >= 0.6 is 11.8 Å². The average molecular weight is 369 g/mol. The SMILES string of the molecule is CC1(c2ccnc(C(F)(F)F)c2)SC(=NC2CC3CCC2C3)NC1=O. The first-order valence-electron chi connectivity index (χ1n) is 8.38. The number of rotatable bonds is 2. The van der Waals surface area contributed by atoms with Crippen LogP contribution in [-0.4, -0.2) is 22.1 Å². The van der Waals surface area contributed by atoms with Crippen LogP contribution in [0.4, 0.5) is 13.2 Å². The molecule has 0 spiro atoms. The van der Waals surface area contributed by atoms with Crippen LogP contribution in [0.25, 0.3) is 0 Å². The Labute approximate surface area is 147 Å². The van der Waals surface area contributed by atoms with Crippen molar-refractivity contribution >= 4 is 22.8 Å². The molecule has 8 heteroatoms. The van der Waals surface area contributed by atoms with Gasteiger partial charge >= 0.3 is 6.18 Å². The molecular weight excluding hydrogens is 351 g/mol. The smallest absolute Gasteiger partial charge is 0.304 e. The molecule has 4 unspecified atom stereocenters. The molecule has 1 N–H and O–H groups in total. The number of carbonyl (C=O) groups excluding carboxylic acids is 1. The molecular formula is C17H18F3N3OS. The summed E-state index contributed by atoms with van der Waals surface area (Å²) in [6, 6.07) is 2.64. The number of aliphatic imine (C=N–C) groups is 1. The molecule has 134 valence electrons. The molecule has 4 atom stereocenters. The van der Waals surface area contributed by atoms with Crippen molar-refractivity contribution in [1.29, 1.82) is 0 Å². The third-order valence-corrected chi connectivity index (χ3v) is 6.77. The summed E-state index contributed by atoms with van der Waals surface area (Å²) in [5, 5.41) is 3.28. The standard InChI is InChI=1S/C17H18F3N3OS/c1-16(11-4-5-21-13(8-11)17(18,19)20)14(24)23-15(25-16)22-12-7-9-2-3-10(12)6-9/h4-5,8-10,12H,2-3,6-7H2,1H3,(H,22,23,24). The van der Waals surface area contributed by atoms with Crippen LogP contribution in [0.3, 0.4) is 0 Å². The number of halogens is 3. The maximum atomic E-state index is 12.9. The van der Waals surface area contributed by atoms with E-state index in [1.165, 1.54) is 37.1 Å². The first kappa shape index (κ1) is 16.9. The number of carbonyl (C=O) groups is 1. The first-order valence-corrected chi connectivity index (χ1v) is 9.19. The minimum absolute atomic E-state index is 0.229. The minimum Gasteiger partial charge on any atom is -0.304 e. The fourth-order valence-corrected chi connectivity index (χ4v) is 5.24. The Morgan fingerprint density at radius 1 is 1.36 bits per heavy atom. The Morgan fingerprint density at radius 3 is 2.80 bits per heavy atom. The quantitative estimate of drug-likeness (QED) is 0.864. The second kappa shape index (κ2) is 5.72. The number of hydrogen-bond donors (Lipinski definition) is 1. The van der Waals surface area contributed by atoms with Crippen LogP contribution < -0.4 is 5.32 Å². The van der Waals surface area contributed by atoms with Gasteiger partial charge in [-0.15, -0.1) is 0 Å². The molecule has 0 aromatic carbocycles. The van der Waals surface area contributed by atoms with Gasteiger partial charge in [-0.1, -0.05) is 18.2 Å². The highest BCUT2D eigenvalue weighted by molar-refractivity contribution is 8.15. The summed E-state index contributed by atoms with van der Waals surface area (Å²) in [5.41, 5.74) is -0.700. The normalized spacial score (nSPS) is 36.2. The van der Waals surface area contributed by atoms with E-state index in [9.17, 15) is 18.0 Å². The Morgan fingerprint density at radius 2 is 2.16 bits per heavy atom. The molecule has 3 aliphatic rings. The number of fused-ring (bicyclic) bond motifs is 2. The van der Waals surface area contributed by atoms with Crippen molar-refractivity contribution in [2.75, 3.05) is 0 Å². The summed E-state index contributed by atoms with van der Waals surface area (Å²) in [6.45, 7) is 1.63. The third kappa shape index (κ3) is 2.94. The Balaban J connectivity index is 1.59. The Kier molecular flexibility index (Phi) is 3.86. The molecule has 2 aliphatic carbocycles. The van der Waals surface area contributed by atoms with E-state index in [0.29, 0.717) is 11.1 Å². The lowest BCUT2D eigenvalue weighted by Gasteiger charge is -2.20. The number of amides is 1. The third-order valence-electron chi connectivity index (χ3n) is 5.54. The molecule has 2 bridgehead atoms. The molecule has 1 amide bonds. The van der Waals surface area contributed by atoms with Gasteiger partial charge in [0.25, 0.3) is 0 Å². The van der Waals surface area contributed by atoms with Gasteiger partial charge in [0.2, 0.25) is 5.91 Å². The molecule has 0 radical (unpaired) electrons. The van der Waals surface area contributed by atoms with Crippen molar-refractivity contribution in [2.24, 2.45) is 16.8 Å². The van der Waals surface area contributed by atoms with E-state index < -0.39 is 16.6 Å². The minimum atomic E-state index is -4.54. The zero-order valence-corrected chi connectivity index (χ0v) is 14.5. The molecule has 3 fully saturated rings. The average Bonchev–Trinajstić information content (AvgIpc) is 3.23. The van der Waals surface area contributed by atoms with E-state index in [0.717, 1.165) is 24.6 Å². The topological polar surface area (TPSA) is 54.4 Å². The monoisotopic (exact) mass is 369 g/mol. The van der Waals surface area contributed by atoms with Crippen LogP contribution in [0, 0.1) is 11.8 Å². The van der Waals surface area contributed by atoms with E-state index in [1.54, 1.807) is 6.92 Å². The predicted molar refractivity (Wildman–Crippen MR) is 89.0 cm³/mol. The van der Waals surface area contributed by atoms with Crippen LogP contribution in [0.5, 0.6) is 0 Å². The van der Waals surface area contributed by atoms with Crippen molar-refractivity contribution in [2.45, 2.75) is 49.6 Å². The molecule has 2 heterocycles. The van der Waals surface area contributed by atoms with Gasteiger partial charge in [-0.05, 0) is 55.7 Å². The van der Waals surface area contributed by atoms with E-state index >= 15 is 0 Å². The molecule has 1 aromatic rings. The summed E-state index contributed by atoms with van der Waals surface area (Å²) in [6.07, 6.45) is 1.27. The van der Waals surface area contributed by atoms with Gasteiger partial charge in [-0.2, -0.15) is 13.2 Å². The molecule has 2 saturated carbocycles. The lowest BCUT2D eigenvalue weighted by Crippen LogP contribution is -2.32. The number of aromatic nitrogens is 1. The number of thioether (sulfide) groups is 1. The van der Waals surface area contributed by atoms with E-state index in [1.807, 2.05) is 0 Å². The first-order chi connectivity index (χ1) is 11.8. The van der Waals surface area contributed by atoms with Crippen LogP contribution in [0.2, 0.25) is 0 Å². The lowest BCUT2D eigenvalue weighted by atomic mass is 9.96. The molecule has 1 saturated heterocycles. The highest BCUT2D eigenvalue weighted by Crippen LogP contribution is 2.47. The second-order valence-corrected chi connectivity index (χ2v) is 8.60. The van der Waals surface area contributed by atoms with E-state index in [4.69, 9.17) is 4.99 Å². The van der Waals surface area contributed by atoms with Gasteiger partial charge in [-0.25, -0.2) is 0 Å². The van der Waals surface area contributed by atoms with Crippen molar-refractivity contribution in [1.82, 2.24) is 10.3 Å². The molecule has 25 heavy (non-hydrogen) atoms. The Bertz CT molecular complexity index is 751. The Hall–Kier alpha value is -1.57. The number of alkyl halides is 3. The fourth-order valence-electron chi connectivity index (χ4n) is 4.13. The summed E-state index contributed by atoms with van der Waals surface area (Å²) in [4.78, 5) is 20.6. The van der Waals surface area contributed by atoms with E-state index in [-0.39, 0.29) is 17.5 Å². The predicted octanol–water partition coefficient (Wildman–Crippen LogP) is 3.72. The number of nitrogens with zero attached hydrogens (tertiary/aromatic N) is 2. The summed E-state index contributed by atoms with van der Waals surface area (Å²) >= 11 is 1.20. The highest BCUT2D eigenvalue weighted by Gasteiger charge is 2.47.